The predicted octanol–water partition coefficient (Wildman–Crippen LogP) is 4.64. The van der Waals surface area contributed by atoms with Crippen LogP contribution in [0.1, 0.15) is 31.9 Å². The summed E-state index contributed by atoms with van der Waals surface area (Å²) in [6.45, 7) is 8.15. The van der Waals surface area contributed by atoms with Crippen molar-refractivity contribution in [1.29, 1.82) is 0 Å². The van der Waals surface area contributed by atoms with Crippen LogP contribution in [-0.4, -0.2) is 11.7 Å². The number of ether oxygens (including phenoxy) is 1. The molecule has 24 heavy (non-hydrogen) atoms. The second-order valence-electron chi connectivity index (χ2n) is 7.35. The van der Waals surface area contributed by atoms with Crippen LogP contribution in [0, 0.1) is 0 Å². The molecule has 0 bridgehead atoms. The van der Waals surface area contributed by atoms with E-state index in [1.165, 1.54) is 16.7 Å². The van der Waals surface area contributed by atoms with Gasteiger partial charge in [-0.15, -0.1) is 0 Å². The van der Waals surface area contributed by atoms with E-state index in [0.29, 0.717) is 6.73 Å². The molecule has 3 heteroatoms. The van der Waals surface area contributed by atoms with Gasteiger partial charge in [-0.1, -0.05) is 45.0 Å². The molecule has 0 radical (unpaired) electrons. The number of nitrogens with one attached hydrogen (secondary N) is 1. The quantitative estimate of drug-likeness (QED) is 0.710. The highest BCUT2D eigenvalue weighted by molar-refractivity contribution is 5.96. The Morgan fingerprint density at radius 3 is 2.71 bits per heavy atom. The first kappa shape index (κ1) is 15.2. The first-order valence-electron chi connectivity index (χ1n) is 8.39. The zero-order valence-electron chi connectivity index (χ0n) is 14.4. The summed E-state index contributed by atoms with van der Waals surface area (Å²) >= 11 is 0. The fourth-order valence-corrected chi connectivity index (χ4v) is 3.26. The van der Waals surface area contributed by atoms with Crippen LogP contribution in [0.5, 0.6) is 5.75 Å². The average Bonchev–Trinajstić information content (AvgIpc) is 2.59. The Morgan fingerprint density at radius 1 is 1.04 bits per heavy atom. The van der Waals surface area contributed by atoms with Crippen molar-refractivity contribution in [2.45, 2.75) is 32.7 Å². The summed E-state index contributed by atoms with van der Waals surface area (Å²) in [6, 6.07) is 14.9. The molecule has 0 unspecified atom stereocenters. The molecule has 2 heterocycles. The molecule has 1 aliphatic rings. The van der Waals surface area contributed by atoms with Crippen LogP contribution < -0.4 is 10.1 Å². The Balaban J connectivity index is 2.03. The molecule has 0 aliphatic carbocycles. The average molecular weight is 318 g/mol. The third kappa shape index (κ3) is 2.55. The summed E-state index contributed by atoms with van der Waals surface area (Å²) in [5.74, 6) is 0.998. The smallest absolute Gasteiger partial charge is 0.139 e. The summed E-state index contributed by atoms with van der Waals surface area (Å²) in [5, 5.41) is 4.46. The molecule has 0 saturated carbocycles. The van der Waals surface area contributed by atoms with E-state index in [9.17, 15) is 0 Å². The van der Waals surface area contributed by atoms with Crippen molar-refractivity contribution in [3.05, 3.63) is 59.8 Å². The summed E-state index contributed by atoms with van der Waals surface area (Å²) < 4.78 is 5.99. The monoisotopic (exact) mass is 318 g/mol. The molecular weight excluding hydrogens is 296 g/mol. The van der Waals surface area contributed by atoms with Crippen LogP contribution in [-0.2, 0) is 12.0 Å². The van der Waals surface area contributed by atoms with Crippen LogP contribution in [0.25, 0.3) is 22.0 Å². The number of benzene rings is 2. The van der Waals surface area contributed by atoms with E-state index >= 15 is 0 Å². The minimum atomic E-state index is 0.0874. The molecular formula is C21H22N2O. The Morgan fingerprint density at radius 2 is 1.88 bits per heavy atom. The minimum Gasteiger partial charge on any atom is -0.477 e. The molecule has 0 amide bonds. The molecule has 1 aromatic heterocycles. The standard InChI is InChI=1S/C21H22N2O/c1-21(2,3)15-10-14-12-22-13-24-20(14)18(11-15)16-8-9-23-19-7-5-4-6-17(16)19/h4-11,22H,12-13H2,1-3H3. The summed E-state index contributed by atoms with van der Waals surface area (Å²) in [7, 11) is 0. The molecule has 0 spiro atoms. The Bertz CT molecular complexity index is 904. The number of rotatable bonds is 1. The van der Waals surface area contributed by atoms with Gasteiger partial charge in [0.1, 0.15) is 12.5 Å². The highest BCUT2D eigenvalue weighted by Crippen LogP contribution is 2.41. The van der Waals surface area contributed by atoms with Gasteiger partial charge in [0.2, 0.25) is 0 Å². The molecule has 0 saturated heterocycles. The summed E-state index contributed by atoms with van der Waals surface area (Å²) in [6.07, 6.45) is 1.88. The fraction of sp³-hybridized carbons (Fsp3) is 0.286. The van der Waals surface area contributed by atoms with Gasteiger partial charge in [-0.05, 0) is 34.7 Å². The number of aromatic nitrogens is 1. The van der Waals surface area contributed by atoms with Gasteiger partial charge in [0, 0.05) is 29.3 Å². The number of pyridine rings is 1. The Hall–Kier alpha value is -2.39. The van der Waals surface area contributed by atoms with Crippen LogP contribution in [0.15, 0.2) is 48.7 Å². The number of fused-ring (bicyclic) bond motifs is 2. The van der Waals surface area contributed by atoms with Gasteiger partial charge in [-0.2, -0.15) is 0 Å². The second-order valence-corrected chi connectivity index (χ2v) is 7.35. The number of hydrogen-bond donors (Lipinski definition) is 1. The van der Waals surface area contributed by atoms with Crippen LogP contribution in [0.2, 0.25) is 0 Å². The van der Waals surface area contributed by atoms with E-state index in [2.05, 4.69) is 67.5 Å². The molecule has 1 aliphatic heterocycles. The van der Waals surface area contributed by atoms with Crippen LogP contribution in [0.3, 0.4) is 0 Å². The molecule has 3 aromatic rings. The summed E-state index contributed by atoms with van der Waals surface area (Å²) in [4.78, 5) is 4.50. The fourth-order valence-electron chi connectivity index (χ4n) is 3.26. The lowest BCUT2D eigenvalue weighted by Gasteiger charge is -2.27. The lowest BCUT2D eigenvalue weighted by Crippen LogP contribution is -2.26. The van der Waals surface area contributed by atoms with E-state index in [0.717, 1.165) is 28.8 Å². The van der Waals surface area contributed by atoms with Crippen molar-refractivity contribution >= 4 is 10.9 Å². The Labute approximate surface area is 142 Å². The van der Waals surface area contributed by atoms with Gasteiger partial charge < -0.3 is 4.74 Å². The summed E-state index contributed by atoms with van der Waals surface area (Å²) in [5.41, 5.74) is 6.00. The van der Waals surface area contributed by atoms with Gasteiger partial charge in [0.15, 0.2) is 0 Å². The van der Waals surface area contributed by atoms with Gasteiger partial charge in [-0.3, -0.25) is 10.3 Å². The third-order valence-electron chi connectivity index (χ3n) is 4.61. The van der Waals surface area contributed by atoms with E-state index in [1.54, 1.807) is 0 Å². The van der Waals surface area contributed by atoms with Crippen molar-refractivity contribution in [3.63, 3.8) is 0 Å². The maximum absolute atomic E-state index is 5.99. The molecule has 0 fully saturated rings. The van der Waals surface area contributed by atoms with Gasteiger partial charge in [-0.25, -0.2) is 0 Å². The van der Waals surface area contributed by atoms with Crippen molar-refractivity contribution in [2.75, 3.05) is 6.73 Å². The van der Waals surface area contributed by atoms with Crippen LogP contribution in [0.4, 0.5) is 0 Å². The molecule has 1 N–H and O–H groups in total. The lowest BCUT2D eigenvalue weighted by atomic mass is 9.83. The van der Waals surface area contributed by atoms with Gasteiger partial charge in [0.05, 0.1) is 5.52 Å². The van der Waals surface area contributed by atoms with Crippen LogP contribution >= 0.6 is 0 Å². The SMILES string of the molecule is CC(C)(C)c1cc2c(c(-c3ccnc4ccccc34)c1)OCNC2. The first-order valence-corrected chi connectivity index (χ1v) is 8.39. The van der Waals surface area contributed by atoms with Gasteiger partial charge >= 0.3 is 0 Å². The number of nitrogens with zero attached hydrogens (tertiary/aromatic N) is 1. The van der Waals surface area contributed by atoms with Crippen molar-refractivity contribution in [1.82, 2.24) is 10.3 Å². The minimum absolute atomic E-state index is 0.0874. The second kappa shape index (κ2) is 5.60. The highest BCUT2D eigenvalue weighted by Gasteiger charge is 2.23. The Kier molecular flexibility index (Phi) is 3.54. The van der Waals surface area contributed by atoms with Crippen molar-refractivity contribution in [3.8, 4) is 16.9 Å². The topological polar surface area (TPSA) is 34.1 Å². The number of hydrogen-bond acceptors (Lipinski definition) is 3. The lowest BCUT2D eigenvalue weighted by molar-refractivity contribution is 0.258. The highest BCUT2D eigenvalue weighted by atomic mass is 16.5. The number of para-hydroxylation sites is 1. The molecule has 122 valence electrons. The normalized spacial score (nSPS) is 14.3. The van der Waals surface area contributed by atoms with Crippen molar-refractivity contribution in [2.24, 2.45) is 0 Å². The maximum atomic E-state index is 5.99. The van der Waals surface area contributed by atoms with E-state index in [4.69, 9.17) is 4.74 Å². The third-order valence-corrected chi connectivity index (χ3v) is 4.61. The molecule has 4 rings (SSSR count). The van der Waals surface area contributed by atoms with E-state index < -0.39 is 0 Å². The molecule has 0 atom stereocenters. The molecule has 3 nitrogen and oxygen atoms in total. The zero-order valence-corrected chi connectivity index (χ0v) is 14.4. The van der Waals surface area contributed by atoms with Crippen molar-refractivity contribution < 1.29 is 4.74 Å². The predicted molar refractivity (Wildman–Crippen MR) is 98.2 cm³/mol. The zero-order chi connectivity index (χ0) is 16.7. The molecule has 2 aromatic carbocycles. The largest absolute Gasteiger partial charge is 0.477 e. The van der Waals surface area contributed by atoms with E-state index in [1.807, 2.05) is 12.3 Å². The maximum Gasteiger partial charge on any atom is 0.139 e. The van der Waals surface area contributed by atoms with Gasteiger partial charge in [0.25, 0.3) is 0 Å². The van der Waals surface area contributed by atoms with E-state index in [-0.39, 0.29) is 5.41 Å². The first-order chi connectivity index (χ1) is 11.5.